The van der Waals surface area contributed by atoms with Crippen molar-refractivity contribution in [2.45, 2.75) is 57.2 Å². The number of nitrogens with one attached hydrogen (secondary N) is 1. The largest absolute Gasteiger partial charge is 0.381 e. The minimum Gasteiger partial charge on any atom is -0.381 e. The highest BCUT2D eigenvalue weighted by Gasteiger charge is 2.39. The second-order valence-electron chi connectivity index (χ2n) is 6.25. The van der Waals surface area contributed by atoms with Crippen LogP contribution in [0.25, 0.3) is 0 Å². The van der Waals surface area contributed by atoms with E-state index in [0.29, 0.717) is 6.04 Å². The molecule has 0 saturated carbocycles. The predicted molar refractivity (Wildman–Crippen MR) is 81.2 cm³/mol. The van der Waals surface area contributed by atoms with E-state index in [9.17, 15) is 0 Å². The van der Waals surface area contributed by atoms with Gasteiger partial charge in [0.05, 0.1) is 17.3 Å². The molecule has 0 aromatic carbocycles. The molecule has 0 amide bonds. The molecule has 5 heteroatoms. The molecule has 0 aliphatic carbocycles. The molecule has 3 rings (SSSR count). The summed E-state index contributed by atoms with van der Waals surface area (Å²) in [7, 11) is 0. The molecule has 2 aliphatic heterocycles. The number of nitrogens with zero attached hydrogens (tertiary/aromatic N) is 2. The van der Waals surface area contributed by atoms with Crippen molar-refractivity contribution < 1.29 is 9.47 Å². The fraction of sp³-hybridized carbons (Fsp3) is 0.812. The van der Waals surface area contributed by atoms with Gasteiger partial charge in [0.25, 0.3) is 0 Å². The Morgan fingerprint density at radius 1 is 1.38 bits per heavy atom. The van der Waals surface area contributed by atoms with Crippen LogP contribution in [0.1, 0.15) is 50.8 Å². The Morgan fingerprint density at radius 3 is 3.05 bits per heavy atom. The average Bonchev–Trinajstić information content (AvgIpc) is 2.97. The van der Waals surface area contributed by atoms with Crippen LogP contribution in [0, 0.1) is 0 Å². The molecular weight excluding hydrogens is 266 g/mol. The van der Waals surface area contributed by atoms with Crippen molar-refractivity contribution in [1.29, 1.82) is 0 Å². The average molecular weight is 293 g/mol. The van der Waals surface area contributed by atoms with Crippen LogP contribution in [0.3, 0.4) is 0 Å². The second-order valence-corrected chi connectivity index (χ2v) is 6.25. The van der Waals surface area contributed by atoms with Crippen LogP contribution in [-0.2, 0) is 16.0 Å². The van der Waals surface area contributed by atoms with Crippen molar-refractivity contribution in [2.75, 3.05) is 26.4 Å². The Morgan fingerprint density at radius 2 is 2.24 bits per heavy atom. The number of hydrogen-bond acceptors (Lipinski definition) is 4. The van der Waals surface area contributed by atoms with Crippen molar-refractivity contribution in [2.24, 2.45) is 0 Å². The highest BCUT2D eigenvalue weighted by Crippen LogP contribution is 2.38. The molecule has 1 atom stereocenters. The van der Waals surface area contributed by atoms with E-state index in [1.165, 1.54) is 0 Å². The monoisotopic (exact) mass is 293 g/mol. The molecule has 3 heterocycles. The first kappa shape index (κ1) is 15.0. The Labute approximate surface area is 127 Å². The first-order chi connectivity index (χ1) is 10.3. The molecule has 21 heavy (non-hydrogen) atoms. The minimum absolute atomic E-state index is 0.0355. The molecule has 1 aromatic rings. The Kier molecular flexibility index (Phi) is 4.93. The lowest BCUT2D eigenvalue weighted by Crippen LogP contribution is -2.44. The third-order valence-corrected chi connectivity index (χ3v) is 4.64. The summed E-state index contributed by atoms with van der Waals surface area (Å²) in [5.41, 5.74) is 1.17. The van der Waals surface area contributed by atoms with Gasteiger partial charge in [-0.25, -0.2) is 0 Å². The van der Waals surface area contributed by atoms with Crippen LogP contribution in [0.5, 0.6) is 0 Å². The van der Waals surface area contributed by atoms with Crippen molar-refractivity contribution in [3.8, 4) is 0 Å². The number of hydrogen-bond donors (Lipinski definition) is 1. The summed E-state index contributed by atoms with van der Waals surface area (Å²) in [6, 6.07) is 2.60. The SMILES string of the molecule is CCCNCc1ccn(C2CCOC3(CCOCC3)C2)n1. The van der Waals surface area contributed by atoms with Crippen LogP contribution in [-0.4, -0.2) is 41.7 Å². The Hall–Kier alpha value is -0.910. The molecular formula is C16H27N3O2. The van der Waals surface area contributed by atoms with E-state index < -0.39 is 0 Å². The lowest BCUT2D eigenvalue weighted by molar-refractivity contribution is -0.145. The lowest BCUT2D eigenvalue weighted by atomic mass is 9.84. The molecule has 2 aliphatic rings. The van der Waals surface area contributed by atoms with Gasteiger partial charge >= 0.3 is 0 Å². The van der Waals surface area contributed by atoms with Crippen LogP contribution < -0.4 is 5.32 Å². The van der Waals surface area contributed by atoms with Gasteiger partial charge in [0.2, 0.25) is 0 Å². The first-order valence-corrected chi connectivity index (χ1v) is 8.28. The highest BCUT2D eigenvalue weighted by atomic mass is 16.5. The fourth-order valence-corrected chi connectivity index (χ4v) is 3.39. The molecule has 2 saturated heterocycles. The molecule has 0 bridgehead atoms. The van der Waals surface area contributed by atoms with Gasteiger partial charge in [0, 0.05) is 32.6 Å². The van der Waals surface area contributed by atoms with E-state index >= 15 is 0 Å². The van der Waals surface area contributed by atoms with E-state index in [-0.39, 0.29) is 5.60 Å². The predicted octanol–water partition coefficient (Wildman–Crippen LogP) is 2.28. The van der Waals surface area contributed by atoms with E-state index in [1.54, 1.807) is 0 Å². The second kappa shape index (κ2) is 6.90. The Balaban J connectivity index is 1.60. The summed E-state index contributed by atoms with van der Waals surface area (Å²) in [4.78, 5) is 0. The summed E-state index contributed by atoms with van der Waals surface area (Å²) >= 11 is 0. The van der Waals surface area contributed by atoms with E-state index in [0.717, 1.165) is 70.7 Å². The van der Waals surface area contributed by atoms with Gasteiger partial charge < -0.3 is 14.8 Å². The molecule has 2 fully saturated rings. The Bertz CT molecular complexity index is 435. The topological polar surface area (TPSA) is 48.3 Å². The maximum atomic E-state index is 6.11. The quantitative estimate of drug-likeness (QED) is 0.846. The maximum absolute atomic E-state index is 6.11. The molecule has 1 spiro atoms. The van der Waals surface area contributed by atoms with E-state index in [4.69, 9.17) is 14.6 Å². The number of rotatable bonds is 5. The van der Waals surface area contributed by atoms with Gasteiger partial charge in [-0.1, -0.05) is 6.92 Å². The number of ether oxygens (including phenoxy) is 2. The zero-order valence-electron chi connectivity index (χ0n) is 13.0. The van der Waals surface area contributed by atoms with Crippen molar-refractivity contribution in [3.05, 3.63) is 18.0 Å². The van der Waals surface area contributed by atoms with E-state index in [2.05, 4.69) is 29.2 Å². The summed E-state index contributed by atoms with van der Waals surface area (Å²) < 4.78 is 13.8. The van der Waals surface area contributed by atoms with Crippen molar-refractivity contribution in [3.63, 3.8) is 0 Å². The molecule has 5 nitrogen and oxygen atoms in total. The van der Waals surface area contributed by atoms with Gasteiger partial charge in [0.1, 0.15) is 0 Å². The highest BCUT2D eigenvalue weighted by molar-refractivity contribution is 5.01. The zero-order valence-corrected chi connectivity index (χ0v) is 13.0. The van der Waals surface area contributed by atoms with Crippen LogP contribution in [0.4, 0.5) is 0 Å². The third kappa shape index (κ3) is 3.65. The molecule has 0 radical (unpaired) electrons. The standard InChI is InChI=1S/C16H27N3O2/c1-2-7-17-13-14-3-8-19(18-14)15-4-9-21-16(12-15)5-10-20-11-6-16/h3,8,15,17H,2,4-7,9-13H2,1H3. The van der Waals surface area contributed by atoms with Crippen LogP contribution in [0.15, 0.2) is 12.3 Å². The molecule has 118 valence electrons. The lowest BCUT2D eigenvalue weighted by Gasteiger charge is -2.43. The van der Waals surface area contributed by atoms with Gasteiger partial charge in [-0.05, 0) is 44.7 Å². The van der Waals surface area contributed by atoms with Crippen LogP contribution >= 0.6 is 0 Å². The summed E-state index contributed by atoms with van der Waals surface area (Å²) in [5, 5.41) is 8.16. The van der Waals surface area contributed by atoms with Gasteiger partial charge in [0.15, 0.2) is 0 Å². The summed E-state index contributed by atoms with van der Waals surface area (Å²) in [6.07, 6.45) is 7.47. The number of aromatic nitrogens is 2. The smallest absolute Gasteiger partial charge is 0.0762 e. The van der Waals surface area contributed by atoms with Crippen molar-refractivity contribution in [1.82, 2.24) is 15.1 Å². The first-order valence-electron chi connectivity index (χ1n) is 8.28. The normalized spacial score (nSPS) is 25.3. The zero-order chi connectivity index (χ0) is 14.5. The summed E-state index contributed by atoms with van der Waals surface area (Å²) in [5.74, 6) is 0. The third-order valence-electron chi connectivity index (χ3n) is 4.64. The fourth-order valence-electron chi connectivity index (χ4n) is 3.39. The van der Waals surface area contributed by atoms with Gasteiger partial charge in [-0.3, -0.25) is 4.68 Å². The van der Waals surface area contributed by atoms with Gasteiger partial charge in [-0.2, -0.15) is 5.10 Å². The van der Waals surface area contributed by atoms with Crippen LogP contribution in [0.2, 0.25) is 0 Å². The van der Waals surface area contributed by atoms with Crippen molar-refractivity contribution >= 4 is 0 Å². The van der Waals surface area contributed by atoms with E-state index in [1.807, 2.05) is 0 Å². The summed E-state index contributed by atoms with van der Waals surface area (Å²) in [6.45, 7) is 6.60. The molecule has 1 N–H and O–H groups in total. The van der Waals surface area contributed by atoms with Gasteiger partial charge in [-0.15, -0.1) is 0 Å². The molecule has 1 aromatic heterocycles. The maximum Gasteiger partial charge on any atom is 0.0762 e. The molecule has 1 unspecified atom stereocenters. The minimum atomic E-state index is 0.0355.